The number of amides is 1. The van der Waals surface area contributed by atoms with E-state index in [0.29, 0.717) is 5.13 Å². The first-order chi connectivity index (χ1) is 13.1. The molecule has 0 radical (unpaired) electrons. The number of aryl methyl sites for hydroxylation is 1. The molecule has 5 nitrogen and oxygen atoms in total. The minimum atomic E-state index is -0.296. The van der Waals surface area contributed by atoms with E-state index in [1.807, 2.05) is 11.4 Å². The first-order valence-corrected chi connectivity index (χ1v) is 9.51. The van der Waals surface area contributed by atoms with Gasteiger partial charge in [-0.25, -0.2) is 4.98 Å². The Balaban J connectivity index is 1.57. The summed E-state index contributed by atoms with van der Waals surface area (Å²) in [6.45, 7) is 5.03. The van der Waals surface area contributed by atoms with Gasteiger partial charge >= 0.3 is 0 Å². The summed E-state index contributed by atoms with van der Waals surface area (Å²) in [5, 5.41) is 5.30. The van der Waals surface area contributed by atoms with Crippen molar-refractivity contribution in [2.75, 3.05) is 5.32 Å². The zero-order chi connectivity index (χ0) is 18.8. The molecule has 4 rings (SSSR count). The third kappa shape index (κ3) is 3.57. The van der Waals surface area contributed by atoms with E-state index in [1.165, 1.54) is 28.9 Å². The average Bonchev–Trinajstić information content (AvgIpc) is 3.40. The predicted octanol–water partition coefficient (Wildman–Crippen LogP) is 5.12. The predicted molar refractivity (Wildman–Crippen MR) is 107 cm³/mol. The minimum absolute atomic E-state index is 0.271. The van der Waals surface area contributed by atoms with E-state index >= 15 is 0 Å². The third-order valence-electron chi connectivity index (χ3n) is 4.50. The zero-order valence-corrected chi connectivity index (χ0v) is 15.9. The average molecular weight is 377 g/mol. The summed E-state index contributed by atoms with van der Waals surface area (Å²) in [6, 6.07) is 15.8. The van der Waals surface area contributed by atoms with E-state index in [4.69, 9.17) is 4.42 Å². The molecule has 3 heterocycles. The molecule has 0 aliphatic rings. The lowest BCUT2D eigenvalue weighted by atomic mass is 10.2. The topological polar surface area (TPSA) is 60.1 Å². The SMILES string of the molecule is Cc1cc(-c2csc(NC(=O)c3ccco3)n2)c(C)n1Cc1ccccc1. The van der Waals surface area contributed by atoms with E-state index < -0.39 is 0 Å². The van der Waals surface area contributed by atoms with Crippen molar-refractivity contribution >= 4 is 22.4 Å². The van der Waals surface area contributed by atoms with Crippen LogP contribution in [0.1, 0.15) is 27.5 Å². The molecule has 3 aromatic heterocycles. The second-order valence-electron chi connectivity index (χ2n) is 6.33. The number of furan rings is 1. The number of aromatic nitrogens is 2. The number of thiazole rings is 1. The molecule has 0 bridgehead atoms. The van der Waals surface area contributed by atoms with Crippen molar-refractivity contribution < 1.29 is 9.21 Å². The van der Waals surface area contributed by atoms with Crippen molar-refractivity contribution in [1.82, 2.24) is 9.55 Å². The van der Waals surface area contributed by atoms with Crippen molar-refractivity contribution in [2.45, 2.75) is 20.4 Å². The molecule has 4 aromatic rings. The number of hydrogen-bond acceptors (Lipinski definition) is 4. The second-order valence-corrected chi connectivity index (χ2v) is 7.18. The largest absolute Gasteiger partial charge is 0.459 e. The van der Waals surface area contributed by atoms with Gasteiger partial charge in [0.1, 0.15) is 0 Å². The maximum atomic E-state index is 12.1. The fraction of sp³-hybridized carbons (Fsp3) is 0.143. The molecule has 0 atom stereocenters. The Morgan fingerprint density at radius 1 is 1.19 bits per heavy atom. The first kappa shape index (κ1) is 17.3. The van der Waals surface area contributed by atoms with Crippen LogP contribution in [-0.4, -0.2) is 15.5 Å². The quantitative estimate of drug-likeness (QED) is 0.525. The first-order valence-electron chi connectivity index (χ1n) is 8.63. The summed E-state index contributed by atoms with van der Waals surface area (Å²) in [5.41, 5.74) is 5.54. The molecule has 0 aliphatic heterocycles. The van der Waals surface area contributed by atoms with Crippen LogP contribution in [0.2, 0.25) is 0 Å². The highest BCUT2D eigenvalue weighted by molar-refractivity contribution is 7.14. The fourth-order valence-electron chi connectivity index (χ4n) is 3.09. The molecule has 1 amide bonds. The standard InChI is InChI=1S/C21H19N3O2S/c1-14-11-17(15(2)24(14)12-16-7-4-3-5-8-16)18-13-27-21(22-18)23-20(25)19-9-6-10-26-19/h3-11,13H,12H2,1-2H3,(H,22,23,25). The summed E-state index contributed by atoms with van der Waals surface area (Å²) in [4.78, 5) is 16.7. The summed E-state index contributed by atoms with van der Waals surface area (Å²) in [7, 11) is 0. The number of hydrogen-bond donors (Lipinski definition) is 1. The molecule has 0 spiro atoms. The fourth-order valence-corrected chi connectivity index (χ4v) is 3.80. The third-order valence-corrected chi connectivity index (χ3v) is 5.26. The maximum absolute atomic E-state index is 12.1. The summed E-state index contributed by atoms with van der Waals surface area (Å²) in [5.74, 6) is -0.0248. The van der Waals surface area contributed by atoms with Gasteiger partial charge < -0.3 is 8.98 Å². The lowest BCUT2D eigenvalue weighted by molar-refractivity contribution is 0.0996. The van der Waals surface area contributed by atoms with Gasteiger partial charge in [0, 0.05) is 28.9 Å². The number of carbonyl (C=O) groups excluding carboxylic acids is 1. The van der Waals surface area contributed by atoms with Crippen LogP contribution in [0.15, 0.2) is 64.6 Å². The smallest absolute Gasteiger partial charge is 0.293 e. The normalized spacial score (nSPS) is 10.9. The molecule has 0 unspecified atom stereocenters. The highest BCUT2D eigenvalue weighted by Crippen LogP contribution is 2.30. The van der Waals surface area contributed by atoms with Gasteiger partial charge in [-0.05, 0) is 37.6 Å². The second kappa shape index (κ2) is 7.25. The highest BCUT2D eigenvalue weighted by atomic mass is 32.1. The lowest BCUT2D eigenvalue weighted by Gasteiger charge is -2.09. The molecular weight excluding hydrogens is 358 g/mol. The molecule has 0 saturated heterocycles. The van der Waals surface area contributed by atoms with Crippen molar-refractivity contribution in [3.05, 3.63) is 82.9 Å². The minimum Gasteiger partial charge on any atom is -0.459 e. The Labute approximate surface area is 161 Å². The van der Waals surface area contributed by atoms with Crippen molar-refractivity contribution in [3.8, 4) is 11.3 Å². The van der Waals surface area contributed by atoms with Crippen LogP contribution in [0, 0.1) is 13.8 Å². The molecule has 136 valence electrons. The Kier molecular flexibility index (Phi) is 4.64. The van der Waals surface area contributed by atoms with Gasteiger partial charge in [-0.2, -0.15) is 0 Å². The number of nitrogens with zero attached hydrogens (tertiary/aromatic N) is 2. The molecule has 0 saturated carbocycles. The van der Waals surface area contributed by atoms with Gasteiger partial charge in [-0.15, -0.1) is 11.3 Å². The molecule has 6 heteroatoms. The lowest BCUT2D eigenvalue weighted by Crippen LogP contribution is -2.10. The molecular formula is C21H19N3O2S. The number of carbonyl (C=O) groups is 1. The number of nitrogens with one attached hydrogen (secondary N) is 1. The Hall–Kier alpha value is -3.12. The van der Waals surface area contributed by atoms with Gasteiger partial charge in [0.25, 0.3) is 5.91 Å². The summed E-state index contributed by atoms with van der Waals surface area (Å²) in [6.07, 6.45) is 1.48. The summed E-state index contributed by atoms with van der Waals surface area (Å²) < 4.78 is 7.40. The van der Waals surface area contributed by atoms with E-state index in [1.54, 1.807) is 12.1 Å². The molecule has 1 N–H and O–H groups in total. The van der Waals surface area contributed by atoms with Crippen LogP contribution < -0.4 is 5.32 Å². The molecule has 0 aliphatic carbocycles. The van der Waals surface area contributed by atoms with Crippen LogP contribution in [-0.2, 0) is 6.54 Å². The van der Waals surface area contributed by atoms with E-state index in [2.05, 4.69) is 59.0 Å². The van der Waals surface area contributed by atoms with Crippen LogP contribution >= 0.6 is 11.3 Å². The number of benzene rings is 1. The zero-order valence-electron chi connectivity index (χ0n) is 15.1. The van der Waals surface area contributed by atoms with Crippen LogP contribution in [0.3, 0.4) is 0 Å². The van der Waals surface area contributed by atoms with E-state index in [-0.39, 0.29) is 11.7 Å². The van der Waals surface area contributed by atoms with Crippen molar-refractivity contribution in [3.63, 3.8) is 0 Å². The number of rotatable bonds is 5. The molecule has 1 aromatic carbocycles. The monoisotopic (exact) mass is 377 g/mol. The van der Waals surface area contributed by atoms with Crippen molar-refractivity contribution in [1.29, 1.82) is 0 Å². The van der Waals surface area contributed by atoms with E-state index in [0.717, 1.165) is 23.5 Å². The van der Waals surface area contributed by atoms with Crippen LogP contribution in [0.25, 0.3) is 11.3 Å². The Bertz CT molecular complexity index is 1060. The molecule has 27 heavy (non-hydrogen) atoms. The molecule has 0 fully saturated rings. The van der Waals surface area contributed by atoms with Gasteiger partial charge in [0.2, 0.25) is 0 Å². The van der Waals surface area contributed by atoms with Crippen molar-refractivity contribution in [2.24, 2.45) is 0 Å². The van der Waals surface area contributed by atoms with E-state index in [9.17, 15) is 4.79 Å². The summed E-state index contributed by atoms with van der Waals surface area (Å²) >= 11 is 1.40. The van der Waals surface area contributed by atoms with Crippen LogP contribution in [0.5, 0.6) is 0 Å². The van der Waals surface area contributed by atoms with Gasteiger partial charge in [-0.3, -0.25) is 10.1 Å². The van der Waals surface area contributed by atoms with Gasteiger partial charge in [-0.1, -0.05) is 30.3 Å². The highest BCUT2D eigenvalue weighted by Gasteiger charge is 2.16. The van der Waals surface area contributed by atoms with Gasteiger partial charge in [0.15, 0.2) is 10.9 Å². The van der Waals surface area contributed by atoms with Gasteiger partial charge in [0.05, 0.1) is 12.0 Å². The Morgan fingerprint density at radius 2 is 2.00 bits per heavy atom. The maximum Gasteiger partial charge on any atom is 0.293 e. The number of anilines is 1. The van der Waals surface area contributed by atoms with Crippen LogP contribution in [0.4, 0.5) is 5.13 Å². The Morgan fingerprint density at radius 3 is 2.74 bits per heavy atom.